The maximum atomic E-state index is 12.0. The van der Waals surface area contributed by atoms with E-state index in [2.05, 4.69) is 4.74 Å². The molecule has 2 nitrogen and oxygen atoms in total. The highest BCUT2D eigenvalue weighted by Crippen LogP contribution is 2.24. The lowest BCUT2D eigenvalue weighted by Gasteiger charge is -2.12. The first-order chi connectivity index (χ1) is 9.44. The molecule has 0 aliphatic rings. The van der Waals surface area contributed by atoms with Gasteiger partial charge >= 0.3 is 6.36 Å². The van der Waals surface area contributed by atoms with Gasteiger partial charge in [0.25, 0.3) is 0 Å². The predicted octanol–water partition coefficient (Wildman–Crippen LogP) is 3.86. The van der Waals surface area contributed by atoms with Crippen LogP contribution in [0.4, 0.5) is 13.2 Å². The molecule has 0 aliphatic heterocycles. The Bertz CT molecular complexity index is 535. The minimum atomic E-state index is -4.69. The first kappa shape index (κ1) is 14.4. The van der Waals surface area contributed by atoms with Gasteiger partial charge in [0.1, 0.15) is 5.75 Å². The van der Waals surface area contributed by atoms with Crippen LogP contribution in [0.1, 0.15) is 17.2 Å². The van der Waals surface area contributed by atoms with Gasteiger partial charge in [0, 0.05) is 6.42 Å². The van der Waals surface area contributed by atoms with Crippen molar-refractivity contribution in [3.8, 4) is 5.75 Å². The van der Waals surface area contributed by atoms with Crippen molar-refractivity contribution >= 4 is 0 Å². The van der Waals surface area contributed by atoms with Gasteiger partial charge in [-0.2, -0.15) is 0 Å². The summed E-state index contributed by atoms with van der Waals surface area (Å²) in [5, 5.41) is 10.0. The van der Waals surface area contributed by atoms with Gasteiger partial charge in [0.2, 0.25) is 0 Å². The zero-order valence-corrected chi connectivity index (χ0v) is 10.5. The zero-order chi connectivity index (χ0) is 14.6. The van der Waals surface area contributed by atoms with Crippen LogP contribution in [0.2, 0.25) is 0 Å². The number of alkyl halides is 3. The average molecular weight is 282 g/mol. The van der Waals surface area contributed by atoms with Gasteiger partial charge in [-0.15, -0.1) is 13.2 Å². The number of halogens is 3. The molecule has 1 atom stereocenters. The lowest BCUT2D eigenvalue weighted by molar-refractivity contribution is -0.274. The molecule has 0 radical (unpaired) electrons. The topological polar surface area (TPSA) is 29.5 Å². The van der Waals surface area contributed by atoms with Crippen LogP contribution in [0, 0.1) is 0 Å². The summed E-state index contributed by atoms with van der Waals surface area (Å²) in [7, 11) is 0. The van der Waals surface area contributed by atoms with E-state index in [9.17, 15) is 18.3 Å². The molecule has 2 rings (SSSR count). The fourth-order valence-electron chi connectivity index (χ4n) is 1.84. The molecule has 1 N–H and O–H groups in total. The Morgan fingerprint density at radius 3 is 2.10 bits per heavy atom. The van der Waals surface area contributed by atoms with E-state index in [1.165, 1.54) is 24.3 Å². The second kappa shape index (κ2) is 5.96. The van der Waals surface area contributed by atoms with Crippen LogP contribution in [-0.2, 0) is 6.42 Å². The van der Waals surface area contributed by atoms with Crippen LogP contribution in [0.3, 0.4) is 0 Å². The summed E-state index contributed by atoms with van der Waals surface area (Å²) < 4.78 is 39.8. The van der Waals surface area contributed by atoms with E-state index in [0.29, 0.717) is 6.42 Å². The van der Waals surface area contributed by atoms with Gasteiger partial charge in [-0.05, 0) is 23.3 Å². The number of ether oxygens (including phenoxy) is 1. The van der Waals surface area contributed by atoms with Gasteiger partial charge in [-0.3, -0.25) is 0 Å². The van der Waals surface area contributed by atoms with Gasteiger partial charge in [-0.1, -0.05) is 42.5 Å². The molecule has 5 heteroatoms. The Labute approximate surface area is 114 Å². The molecule has 0 bridgehead atoms. The Kier molecular flexibility index (Phi) is 4.29. The van der Waals surface area contributed by atoms with Crippen LogP contribution < -0.4 is 4.74 Å². The van der Waals surface area contributed by atoms with Crippen molar-refractivity contribution in [1.29, 1.82) is 0 Å². The lowest BCUT2D eigenvalue weighted by Crippen LogP contribution is -2.17. The van der Waals surface area contributed by atoms with Crippen LogP contribution >= 0.6 is 0 Å². The van der Waals surface area contributed by atoms with Crippen molar-refractivity contribution in [3.63, 3.8) is 0 Å². The molecule has 0 amide bonds. The van der Waals surface area contributed by atoms with Crippen LogP contribution in [0.15, 0.2) is 54.6 Å². The van der Waals surface area contributed by atoms with E-state index >= 15 is 0 Å². The third-order valence-corrected chi connectivity index (χ3v) is 2.77. The third-order valence-electron chi connectivity index (χ3n) is 2.77. The molecule has 0 aromatic heterocycles. The summed E-state index contributed by atoms with van der Waals surface area (Å²) in [6, 6.07) is 14.6. The van der Waals surface area contributed by atoms with E-state index in [0.717, 1.165) is 11.1 Å². The van der Waals surface area contributed by atoms with Gasteiger partial charge in [-0.25, -0.2) is 0 Å². The smallest absolute Gasteiger partial charge is 0.406 e. The van der Waals surface area contributed by atoms with Crippen molar-refractivity contribution in [2.24, 2.45) is 0 Å². The van der Waals surface area contributed by atoms with Crippen molar-refractivity contribution in [2.45, 2.75) is 18.9 Å². The highest BCUT2D eigenvalue weighted by atomic mass is 19.4. The lowest BCUT2D eigenvalue weighted by atomic mass is 10.0. The van der Waals surface area contributed by atoms with Crippen molar-refractivity contribution in [3.05, 3.63) is 65.7 Å². The largest absolute Gasteiger partial charge is 0.573 e. The van der Waals surface area contributed by atoms with E-state index < -0.39 is 12.5 Å². The number of hydrogen-bond donors (Lipinski definition) is 1. The summed E-state index contributed by atoms with van der Waals surface area (Å²) in [6.07, 6.45) is -5.05. The minimum absolute atomic E-state index is 0.268. The molecular formula is C15H13F3O2. The minimum Gasteiger partial charge on any atom is -0.406 e. The monoisotopic (exact) mass is 282 g/mol. The fourth-order valence-corrected chi connectivity index (χ4v) is 1.84. The van der Waals surface area contributed by atoms with Crippen molar-refractivity contribution < 1.29 is 23.0 Å². The van der Waals surface area contributed by atoms with Crippen LogP contribution in [-0.4, -0.2) is 11.5 Å². The second-order valence-corrected chi connectivity index (χ2v) is 4.32. The Hall–Kier alpha value is -2.01. The number of rotatable bonds is 4. The quantitative estimate of drug-likeness (QED) is 0.922. The molecule has 0 saturated carbocycles. The van der Waals surface area contributed by atoms with Gasteiger partial charge in [0.15, 0.2) is 0 Å². The molecule has 0 heterocycles. The summed E-state index contributed by atoms with van der Waals surface area (Å²) >= 11 is 0. The molecule has 0 aliphatic carbocycles. The number of benzene rings is 2. The second-order valence-electron chi connectivity index (χ2n) is 4.32. The third kappa shape index (κ3) is 4.28. The zero-order valence-electron chi connectivity index (χ0n) is 10.5. The van der Waals surface area contributed by atoms with E-state index in [1.807, 2.05) is 18.2 Å². The van der Waals surface area contributed by atoms with Crippen molar-refractivity contribution in [1.82, 2.24) is 0 Å². The highest BCUT2D eigenvalue weighted by molar-refractivity contribution is 5.29. The fraction of sp³-hybridized carbons (Fsp3) is 0.200. The van der Waals surface area contributed by atoms with Gasteiger partial charge < -0.3 is 9.84 Å². The summed E-state index contributed by atoms with van der Waals surface area (Å²) in [5.74, 6) is -0.268. The first-order valence-electron chi connectivity index (χ1n) is 6.02. The summed E-state index contributed by atoms with van der Waals surface area (Å²) in [5.41, 5.74) is 1.50. The molecular weight excluding hydrogens is 269 g/mol. The van der Waals surface area contributed by atoms with E-state index in [1.54, 1.807) is 12.1 Å². The maximum Gasteiger partial charge on any atom is 0.573 e. The number of aliphatic hydroxyl groups is 1. The first-order valence-corrected chi connectivity index (χ1v) is 6.02. The van der Waals surface area contributed by atoms with Gasteiger partial charge in [0.05, 0.1) is 6.10 Å². The normalized spacial score (nSPS) is 13.0. The highest BCUT2D eigenvalue weighted by Gasteiger charge is 2.30. The summed E-state index contributed by atoms with van der Waals surface area (Å²) in [4.78, 5) is 0. The number of hydrogen-bond acceptors (Lipinski definition) is 2. The number of aliphatic hydroxyl groups excluding tert-OH is 1. The van der Waals surface area contributed by atoms with E-state index in [4.69, 9.17) is 0 Å². The van der Waals surface area contributed by atoms with Crippen LogP contribution in [0.5, 0.6) is 5.75 Å². The van der Waals surface area contributed by atoms with E-state index in [-0.39, 0.29) is 5.75 Å². The van der Waals surface area contributed by atoms with Crippen molar-refractivity contribution in [2.75, 3.05) is 0 Å². The standard InChI is InChI=1S/C15H13F3O2/c16-15(17,18)20-13-8-6-11(7-9-13)10-14(19)12-4-2-1-3-5-12/h1-9,14,19H,10H2. The molecule has 0 fully saturated rings. The summed E-state index contributed by atoms with van der Waals surface area (Å²) in [6.45, 7) is 0. The molecule has 20 heavy (non-hydrogen) atoms. The predicted molar refractivity (Wildman–Crippen MR) is 68.2 cm³/mol. The average Bonchev–Trinajstić information content (AvgIpc) is 2.40. The Morgan fingerprint density at radius 2 is 1.55 bits per heavy atom. The molecule has 1 unspecified atom stereocenters. The molecule has 0 saturated heterocycles. The Balaban J connectivity index is 2.00. The molecule has 2 aromatic rings. The molecule has 106 valence electrons. The molecule has 0 spiro atoms. The molecule has 2 aromatic carbocycles. The maximum absolute atomic E-state index is 12.0. The SMILES string of the molecule is OC(Cc1ccc(OC(F)(F)F)cc1)c1ccccc1. The Morgan fingerprint density at radius 1 is 0.950 bits per heavy atom. The van der Waals surface area contributed by atoms with Crippen LogP contribution in [0.25, 0.3) is 0 Å².